The largest absolute Gasteiger partial charge is 0.479 e. The summed E-state index contributed by atoms with van der Waals surface area (Å²) >= 11 is 0. The Morgan fingerprint density at radius 1 is 1.37 bits per heavy atom. The highest BCUT2D eigenvalue weighted by Crippen LogP contribution is 2.24. The van der Waals surface area contributed by atoms with E-state index in [9.17, 15) is 8.78 Å². The van der Waals surface area contributed by atoms with E-state index in [1.54, 1.807) is 6.92 Å². The van der Waals surface area contributed by atoms with Crippen LogP contribution in [0.3, 0.4) is 0 Å². The van der Waals surface area contributed by atoms with E-state index in [1.165, 1.54) is 12.1 Å². The van der Waals surface area contributed by atoms with Crippen LogP contribution in [0.25, 0.3) is 0 Å². The second kappa shape index (κ2) is 5.75. The molecule has 1 aromatic heterocycles. The number of ether oxygens (including phenoxy) is 1. The number of aromatic nitrogens is 2. The van der Waals surface area contributed by atoms with Gasteiger partial charge in [-0.2, -0.15) is 4.98 Å². The Morgan fingerprint density at radius 2 is 2.05 bits per heavy atom. The van der Waals surface area contributed by atoms with Crippen LogP contribution in [0.15, 0.2) is 23.0 Å². The molecule has 0 amide bonds. The molecule has 1 heterocycles. The van der Waals surface area contributed by atoms with Gasteiger partial charge in [-0.05, 0) is 31.0 Å². The van der Waals surface area contributed by atoms with E-state index in [1.807, 2.05) is 0 Å². The zero-order chi connectivity index (χ0) is 13.8. The van der Waals surface area contributed by atoms with Crippen LogP contribution in [-0.2, 0) is 13.0 Å². The smallest absolute Gasteiger partial charge is 0.213 e. The molecule has 5 nitrogen and oxygen atoms in total. The average Bonchev–Trinajstić information content (AvgIpc) is 2.79. The van der Waals surface area contributed by atoms with E-state index < -0.39 is 17.4 Å². The lowest BCUT2D eigenvalue weighted by Gasteiger charge is -2.10. The summed E-state index contributed by atoms with van der Waals surface area (Å²) in [5, 5.41) is 3.48. The third-order valence-corrected chi connectivity index (χ3v) is 2.37. The molecule has 0 fully saturated rings. The molecular weight excluding hydrogens is 256 g/mol. The Bertz CT molecular complexity index is 521. The SMILES string of the molecule is CC(N)Cc1cc(F)c(OCc2ncon2)c(F)c1. The number of rotatable bonds is 5. The van der Waals surface area contributed by atoms with Gasteiger partial charge in [0, 0.05) is 6.04 Å². The molecule has 2 N–H and O–H groups in total. The maximum atomic E-state index is 13.7. The van der Waals surface area contributed by atoms with Crippen LogP contribution in [0, 0.1) is 11.6 Å². The molecule has 7 heteroatoms. The predicted octanol–water partition coefficient (Wildman–Crippen LogP) is 1.82. The molecule has 2 rings (SSSR count). The van der Waals surface area contributed by atoms with Gasteiger partial charge in [-0.3, -0.25) is 0 Å². The summed E-state index contributed by atoms with van der Waals surface area (Å²) in [6.45, 7) is 1.59. The van der Waals surface area contributed by atoms with Gasteiger partial charge in [0.25, 0.3) is 0 Å². The first-order valence-corrected chi connectivity index (χ1v) is 5.68. The van der Waals surface area contributed by atoms with Crippen LogP contribution < -0.4 is 10.5 Å². The molecule has 1 unspecified atom stereocenters. The van der Waals surface area contributed by atoms with Gasteiger partial charge in [-0.1, -0.05) is 5.16 Å². The van der Waals surface area contributed by atoms with Crippen LogP contribution in [-0.4, -0.2) is 16.2 Å². The lowest BCUT2D eigenvalue weighted by Crippen LogP contribution is -2.18. The van der Waals surface area contributed by atoms with E-state index in [0.717, 1.165) is 6.39 Å². The van der Waals surface area contributed by atoms with Crippen molar-refractivity contribution in [3.63, 3.8) is 0 Å². The summed E-state index contributed by atoms with van der Waals surface area (Å²) in [6, 6.07) is 2.24. The van der Waals surface area contributed by atoms with Crippen molar-refractivity contribution >= 4 is 0 Å². The molecule has 0 spiro atoms. The maximum Gasteiger partial charge on any atom is 0.213 e. The topological polar surface area (TPSA) is 74.2 Å². The average molecular weight is 269 g/mol. The minimum absolute atomic E-state index is 0.170. The fraction of sp³-hybridized carbons (Fsp3) is 0.333. The van der Waals surface area contributed by atoms with Gasteiger partial charge in [0.15, 0.2) is 24.0 Å². The molecule has 2 aromatic rings. The third kappa shape index (κ3) is 3.47. The first kappa shape index (κ1) is 13.4. The van der Waals surface area contributed by atoms with Gasteiger partial charge in [0.05, 0.1) is 0 Å². The highest BCUT2D eigenvalue weighted by atomic mass is 19.1. The van der Waals surface area contributed by atoms with Crippen LogP contribution in [0.5, 0.6) is 5.75 Å². The molecule has 1 atom stereocenters. The molecule has 0 aliphatic rings. The summed E-state index contributed by atoms with van der Waals surface area (Å²) in [5.41, 5.74) is 6.07. The van der Waals surface area contributed by atoms with E-state index in [4.69, 9.17) is 10.5 Å². The highest BCUT2D eigenvalue weighted by molar-refractivity contribution is 5.31. The van der Waals surface area contributed by atoms with Crippen molar-refractivity contribution in [2.75, 3.05) is 0 Å². The minimum Gasteiger partial charge on any atom is -0.479 e. The molecule has 102 valence electrons. The number of hydrogen-bond acceptors (Lipinski definition) is 5. The van der Waals surface area contributed by atoms with Gasteiger partial charge >= 0.3 is 0 Å². The number of halogens is 2. The Balaban J connectivity index is 2.12. The quantitative estimate of drug-likeness (QED) is 0.896. The van der Waals surface area contributed by atoms with Crippen molar-refractivity contribution in [2.45, 2.75) is 26.0 Å². The predicted molar refractivity (Wildman–Crippen MR) is 62.3 cm³/mol. The van der Waals surface area contributed by atoms with Gasteiger partial charge in [0.2, 0.25) is 12.2 Å². The van der Waals surface area contributed by atoms with Crippen molar-refractivity contribution in [1.29, 1.82) is 0 Å². The van der Waals surface area contributed by atoms with E-state index >= 15 is 0 Å². The van der Waals surface area contributed by atoms with Gasteiger partial charge < -0.3 is 15.0 Å². The van der Waals surface area contributed by atoms with Crippen molar-refractivity contribution in [2.24, 2.45) is 5.73 Å². The zero-order valence-electron chi connectivity index (χ0n) is 10.3. The Kier molecular flexibility index (Phi) is 4.06. The van der Waals surface area contributed by atoms with Crippen molar-refractivity contribution < 1.29 is 18.0 Å². The maximum absolute atomic E-state index is 13.7. The van der Waals surface area contributed by atoms with E-state index in [0.29, 0.717) is 12.0 Å². The van der Waals surface area contributed by atoms with Gasteiger partial charge in [-0.25, -0.2) is 8.78 Å². The molecule has 19 heavy (non-hydrogen) atoms. The van der Waals surface area contributed by atoms with Crippen LogP contribution in [0.2, 0.25) is 0 Å². The third-order valence-electron chi connectivity index (χ3n) is 2.37. The highest BCUT2D eigenvalue weighted by Gasteiger charge is 2.14. The molecule has 0 saturated carbocycles. The van der Waals surface area contributed by atoms with Crippen LogP contribution in [0.4, 0.5) is 8.78 Å². The number of nitrogens with zero attached hydrogens (tertiary/aromatic N) is 2. The molecule has 0 saturated heterocycles. The second-order valence-electron chi connectivity index (χ2n) is 4.21. The second-order valence-corrected chi connectivity index (χ2v) is 4.21. The van der Waals surface area contributed by atoms with Crippen LogP contribution in [0.1, 0.15) is 18.3 Å². The van der Waals surface area contributed by atoms with Crippen molar-refractivity contribution in [3.8, 4) is 5.75 Å². The molecule has 0 bridgehead atoms. The number of hydrogen-bond donors (Lipinski definition) is 1. The normalized spacial score (nSPS) is 12.4. The summed E-state index contributed by atoms with van der Waals surface area (Å²) in [7, 11) is 0. The fourth-order valence-electron chi connectivity index (χ4n) is 1.63. The molecular formula is C12H13F2N3O2. The standard InChI is InChI=1S/C12H13F2N3O2/c1-7(15)2-8-3-9(13)12(10(14)4-8)18-5-11-16-6-19-17-11/h3-4,6-7H,2,5,15H2,1H3. The lowest BCUT2D eigenvalue weighted by atomic mass is 10.1. The van der Waals surface area contributed by atoms with Gasteiger partial charge in [-0.15, -0.1) is 0 Å². The molecule has 0 aliphatic carbocycles. The fourth-order valence-corrected chi connectivity index (χ4v) is 1.63. The lowest BCUT2D eigenvalue weighted by molar-refractivity contribution is 0.259. The first-order valence-electron chi connectivity index (χ1n) is 5.68. The monoisotopic (exact) mass is 269 g/mol. The molecule has 0 aliphatic heterocycles. The van der Waals surface area contributed by atoms with Crippen LogP contribution >= 0.6 is 0 Å². The molecule has 0 radical (unpaired) electrons. The van der Waals surface area contributed by atoms with E-state index in [2.05, 4.69) is 14.7 Å². The Morgan fingerprint density at radius 3 is 2.58 bits per heavy atom. The number of nitrogens with two attached hydrogens (primary N) is 1. The zero-order valence-corrected chi connectivity index (χ0v) is 10.3. The summed E-state index contributed by atoms with van der Waals surface area (Å²) in [5.74, 6) is -1.81. The van der Waals surface area contributed by atoms with E-state index in [-0.39, 0.29) is 18.5 Å². The summed E-state index contributed by atoms with van der Waals surface area (Å²) < 4.78 is 36.9. The Hall–Kier alpha value is -2.02. The first-order chi connectivity index (χ1) is 9.06. The summed E-state index contributed by atoms with van der Waals surface area (Å²) in [6.07, 6.45) is 1.50. The molecule has 1 aromatic carbocycles. The summed E-state index contributed by atoms with van der Waals surface area (Å²) in [4.78, 5) is 3.68. The Labute approximate surface area is 108 Å². The van der Waals surface area contributed by atoms with Crippen molar-refractivity contribution in [3.05, 3.63) is 41.5 Å². The number of benzene rings is 1. The van der Waals surface area contributed by atoms with Crippen molar-refractivity contribution in [1.82, 2.24) is 10.1 Å². The van der Waals surface area contributed by atoms with Gasteiger partial charge in [0.1, 0.15) is 0 Å². The minimum atomic E-state index is -0.779.